The molecule has 11 heteroatoms. The zero-order chi connectivity index (χ0) is 35.1. The minimum Gasteiger partial charge on any atom is -0.465 e. The number of carboxylic acid groups (broad SMARTS) is 1. The van der Waals surface area contributed by atoms with E-state index in [2.05, 4.69) is 33.7 Å². The van der Waals surface area contributed by atoms with Crippen LogP contribution in [-0.2, 0) is 18.9 Å². The zero-order valence-electron chi connectivity index (χ0n) is 28.9. The summed E-state index contributed by atoms with van der Waals surface area (Å²) in [6, 6.07) is 17.3. The van der Waals surface area contributed by atoms with Gasteiger partial charge in [-0.25, -0.2) is 14.4 Å². The molecule has 0 aromatic heterocycles. The highest BCUT2D eigenvalue weighted by Crippen LogP contribution is 2.25. The average molecular weight is 652 g/mol. The molecule has 0 radical (unpaired) electrons. The van der Waals surface area contributed by atoms with Crippen LogP contribution in [0.1, 0.15) is 53.1 Å². The molecule has 1 fully saturated rings. The minimum absolute atomic E-state index is 0.122. The molecule has 1 heterocycles. The number of nitrogens with one attached hydrogen (secondary N) is 3. The zero-order valence-corrected chi connectivity index (χ0v) is 28.9. The molecular weight excluding hydrogens is 602 g/mol. The Morgan fingerprint density at radius 3 is 1.47 bits per heavy atom. The van der Waals surface area contributed by atoms with Crippen molar-refractivity contribution in [1.29, 1.82) is 0 Å². The van der Waals surface area contributed by atoms with Crippen molar-refractivity contribution in [3.63, 3.8) is 0 Å². The SMILES string of the molecule is COC(=O)Nc1cc(C)cc(C)c1.COC1CCC(C)C(COC(=O)Nc2cc(C)cc(C)c2)O1.Cc1cc(C)cc(NC(=O)O)c1. The predicted octanol–water partition coefficient (Wildman–Crippen LogP) is 8.51. The first-order chi connectivity index (χ1) is 22.2. The molecule has 4 N–H and O–H groups in total. The summed E-state index contributed by atoms with van der Waals surface area (Å²) in [7, 11) is 2.98. The molecule has 11 nitrogen and oxygen atoms in total. The van der Waals surface area contributed by atoms with Gasteiger partial charge in [-0.1, -0.05) is 25.1 Å². The van der Waals surface area contributed by atoms with Crippen LogP contribution in [0, 0.1) is 47.5 Å². The molecule has 0 bridgehead atoms. The number of hydrogen-bond donors (Lipinski definition) is 4. The Labute approximate surface area is 278 Å². The Bertz CT molecular complexity index is 1430. The fourth-order valence-electron chi connectivity index (χ4n) is 5.10. The van der Waals surface area contributed by atoms with E-state index >= 15 is 0 Å². The fourth-order valence-corrected chi connectivity index (χ4v) is 5.10. The molecule has 3 amide bonds. The Hall–Kier alpha value is -4.61. The standard InChI is InChI=1S/C17H25NO4.C10H13NO2.C9H11NO2/c1-11-7-12(2)9-14(8-11)18-17(19)21-10-15-13(3)5-6-16(20-4)22-15;1-7-4-8(2)6-9(5-7)11-10(12)13-3;1-6-3-7(2)5-8(4-6)10-9(11)12/h7-9,13,15-16H,5-6,10H2,1-4H3,(H,18,19);4-6H,1-3H3,(H,11,12);3-5,10H,1-2H3,(H,11,12). The molecule has 1 saturated heterocycles. The van der Waals surface area contributed by atoms with Crippen molar-refractivity contribution in [2.45, 2.75) is 73.7 Å². The van der Waals surface area contributed by atoms with Gasteiger partial charge in [0.15, 0.2) is 6.29 Å². The van der Waals surface area contributed by atoms with Crippen molar-refractivity contribution in [1.82, 2.24) is 0 Å². The number of benzene rings is 3. The first kappa shape index (κ1) is 38.6. The summed E-state index contributed by atoms with van der Waals surface area (Å²) < 4.78 is 20.8. The second-order valence-corrected chi connectivity index (χ2v) is 11.8. The Morgan fingerprint density at radius 2 is 1.09 bits per heavy atom. The van der Waals surface area contributed by atoms with Gasteiger partial charge in [0.1, 0.15) is 6.61 Å². The summed E-state index contributed by atoms with van der Waals surface area (Å²) >= 11 is 0. The molecule has 3 aromatic carbocycles. The van der Waals surface area contributed by atoms with Crippen LogP contribution in [0.3, 0.4) is 0 Å². The van der Waals surface area contributed by atoms with Gasteiger partial charge in [0.2, 0.25) is 0 Å². The van der Waals surface area contributed by atoms with E-state index in [4.69, 9.17) is 19.3 Å². The maximum absolute atomic E-state index is 11.9. The molecule has 1 aliphatic rings. The average Bonchev–Trinajstić information content (AvgIpc) is 2.95. The third-order valence-corrected chi connectivity index (χ3v) is 7.06. The lowest BCUT2D eigenvalue weighted by Gasteiger charge is -2.33. The lowest BCUT2D eigenvalue weighted by molar-refractivity contribution is -0.203. The Morgan fingerprint density at radius 1 is 0.681 bits per heavy atom. The highest BCUT2D eigenvalue weighted by molar-refractivity contribution is 5.85. The quantitative estimate of drug-likeness (QED) is 0.208. The van der Waals surface area contributed by atoms with Gasteiger partial charge in [-0.15, -0.1) is 0 Å². The van der Waals surface area contributed by atoms with Gasteiger partial charge in [0, 0.05) is 24.2 Å². The molecule has 4 rings (SSSR count). The number of anilines is 3. The lowest BCUT2D eigenvalue weighted by Crippen LogP contribution is -2.38. The van der Waals surface area contributed by atoms with Gasteiger partial charge >= 0.3 is 18.3 Å². The van der Waals surface area contributed by atoms with Crippen LogP contribution in [0.2, 0.25) is 0 Å². The van der Waals surface area contributed by atoms with Crippen molar-refractivity contribution in [2.24, 2.45) is 5.92 Å². The van der Waals surface area contributed by atoms with E-state index in [-0.39, 0.29) is 19.0 Å². The van der Waals surface area contributed by atoms with Crippen LogP contribution < -0.4 is 16.0 Å². The van der Waals surface area contributed by atoms with Gasteiger partial charge in [-0.05, 0) is 130 Å². The van der Waals surface area contributed by atoms with Crippen molar-refractivity contribution in [3.8, 4) is 0 Å². The van der Waals surface area contributed by atoms with Crippen LogP contribution in [0.4, 0.5) is 31.4 Å². The molecule has 0 saturated carbocycles. The van der Waals surface area contributed by atoms with Crippen LogP contribution in [0.15, 0.2) is 54.6 Å². The molecule has 0 aliphatic carbocycles. The summed E-state index contributed by atoms with van der Waals surface area (Å²) in [5, 5.41) is 16.1. The number of ether oxygens (including phenoxy) is 4. The predicted molar refractivity (Wildman–Crippen MR) is 184 cm³/mol. The number of aryl methyl sites for hydroxylation is 6. The Balaban J connectivity index is 0.000000263. The van der Waals surface area contributed by atoms with Crippen molar-refractivity contribution < 1.29 is 38.4 Å². The van der Waals surface area contributed by atoms with Crippen LogP contribution in [0.25, 0.3) is 0 Å². The highest BCUT2D eigenvalue weighted by Gasteiger charge is 2.29. The van der Waals surface area contributed by atoms with Crippen molar-refractivity contribution in [2.75, 3.05) is 36.8 Å². The number of hydrogen-bond acceptors (Lipinski definition) is 7. The monoisotopic (exact) mass is 651 g/mol. The normalized spacial score (nSPS) is 16.7. The highest BCUT2D eigenvalue weighted by atomic mass is 16.7. The van der Waals surface area contributed by atoms with E-state index in [0.717, 1.165) is 57.6 Å². The number of amides is 3. The smallest absolute Gasteiger partial charge is 0.411 e. The van der Waals surface area contributed by atoms with E-state index < -0.39 is 18.3 Å². The first-order valence-corrected chi connectivity index (χ1v) is 15.4. The maximum Gasteiger partial charge on any atom is 0.411 e. The van der Waals surface area contributed by atoms with Gasteiger partial charge in [-0.2, -0.15) is 0 Å². The van der Waals surface area contributed by atoms with E-state index in [1.54, 1.807) is 19.2 Å². The van der Waals surface area contributed by atoms with Crippen molar-refractivity contribution >= 4 is 35.3 Å². The third kappa shape index (κ3) is 15.0. The molecule has 0 spiro atoms. The second kappa shape index (κ2) is 19.1. The largest absolute Gasteiger partial charge is 0.465 e. The van der Waals surface area contributed by atoms with Crippen LogP contribution in [-0.4, -0.2) is 56.6 Å². The summed E-state index contributed by atoms with van der Waals surface area (Å²) in [5.74, 6) is 0.348. The summed E-state index contributed by atoms with van der Waals surface area (Å²) in [6.07, 6.45) is -0.366. The lowest BCUT2D eigenvalue weighted by atomic mass is 9.96. The van der Waals surface area contributed by atoms with Gasteiger partial charge in [0.05, 0.1) is 13.2 Å². The molecule has 1 aliphatic heterocycles. The molecule has 47 heavy (non-hydrogen) atoms. The second-order valence-electron chi connectivity index (χ2n) is 11.8. The van der Waals surface area contributed by atoms with Gasteiger partial charge < -0.3 is 24.1 Å². The van der Waals surface area contributed by atoms with Crippen molar-refractivity contribution in [3.05, 3.63) is 88.0 Å². The topological polar surface area (TPSA) is 144 Å². The summed E-state index contributed by atoms with van der Waals surface area (Å²) in [5.41, 5.74) is 8.68. The number of carbonyl (C=O) groups is 3. The maximum atomic E-state index is 11.9. The van der Waals surface area contributed by atoms with Gasteiger partial charge in [0.25, 0.3) is 0 Å². The van der Waals surface area contributed by atoms with E-state index in [0.29, 0.717) is 11.6 Å². The van der Waals surface area contributed by atoms with Gasteiger partial charge in [-0.3, -0.25) is 16.0 Å². The molecule has 3 unspecified atom stereocenters. The summed E-state index contributed by atoms with van der Waals surface area (Å²) in [4.78, 5) is 33.1. The first-order valence-electron chi connectivity index (χ1n) is 15.4. The number of carbonyl (C=O) groups excluding carboxylic acids is 2. The third-order valence-electron chi connectivity index (χ3n) is 7.06. The summed E-state index contributed by atoms with van der Waals surface area (Å²) in [6.45, 7) is 14.1. The molecular formula is C36H49N3O8. The Kier molecular flexibility index (Phi) is 15.7. The fraction of sp³-hybridized carbons (Fsp3) is 0.417. The van der Waals surface area contributed by atoms with E-state index in [1.165, 1.54) is 7.11 Å². The minimum atomic E-state index is -1.03. The number of rotatable bonds is 6. The molecule has 3 atom stereocenters. The molecule has 3 aromatic rings. The van der Waals surface area contributed by atoms with Crippen LogP contribution in [0.5, 0.6) is 0 Å². The molecule has 256 valence electrons. The van der Waals surface area contributed by atoms with E-state index in [9.17, 15) is 14.4 Å². The number of methoxy groups -OCH3 is 2. The van der Waals surface area contributed by atoms with E-state index in [1.807, 2.05) is 77.9 Å². The van der Waals surface area contributed by atoms with Crippen LogP contribution >= 0.6 is 0 Å².